The first-order valence-electron chi connectivity index (χ1n) is 2.70. The van der Waals surface area contributed by atoms with Crippen molar-refractivity contribution >= 4 is 0 Å². The fraction of sp³-hybridized carbons (Fsp3) is 0.667. The highest BCUT2D eigenvalue weighted by Gasteiger charge is 1.96. The summed E-state index contributed by atoms with van der Waals surface area (Å²) in [7, 11) is 1.85. The maximum Gasteiger partial charge on any atom is 0.0866 e. The molecule has 0 saturated heterocycles. The van der Waals surface area contributed by atoms with Gasteiger partial charge in [0.1, 0.15) is 0 Å². The topological polar surface area (TPSA) is 32.3 Å². The van der Waals surface area contributed by atoms with E-state index in [1.165, 1.54) is 0 Å². The van der Waals surface area contributed by atoms with Crippen LogP contribution in [0.4, 0.5) is 0 Å². The molecule has 0 saturated carbocycles. The van der Waals surface area contributed by atoms with Crippen molar-refractivity contribution < 1.29 is 5.11 Å². The van der Waals surface area contributed by atoms with Crippen LogP contribution in [-0.4, -0.2) is 18.2 Å². The predicted molar refractivity (Wildman–Crippen MR) is 34.9 cm³/mol. The van der Waals surface area contributed by atoms with Crippen LogP contribution in [0.25, 0.3) is 0 Å². The van der Waals surface area contributed by atoms with E-state index in [1.54, 1.807) is 0 Å². The van der Waals surface area contributed by atoms with Crippen LogP contribution in [0.2, 0.25) is 0 Å². The van der Waals surface area contributed by atoms with Gasteiger partial charge in [-0.2, -0.15) is 0 Å². The highest BCUT2D eigenvalue weighted by atomic mass is 16.3. The van der Waals surface area contributed by atoms with Gasteiger partial charge in [-0.15, -0.1) is 0 Å². The molecule has 0 fully saturated rings. The first kappa shape index (κ1) is 7.50. The molecule has 0 spiro atoms. The third-order valence-corrected chi connectivity index (χ3v) is 1.03. The van der Waals surface area contributed by atoms with Gasteiger partial charge in [-0.1, -0.05) is 6.58 Å². The Morgan fingerprint density at radius 3 is 2.50 bits per heavy atom. The van der Waals surface area contributed by atoms with E-state index < -0.39 is 0 Å². The van der Waals surface area contributed by atoms with Crippen molar-refractivity contribution in [1.82, 2.24) is 5.32 Å². The lowest BCUT2D eigenvalue weighted by atomic mass is 10.2. The van der Waals surface area contributed by atoms with Crippen molar-refractivity contribution in [3.8, 4) is 0 Å². The third kappa shape index (κ3) is 3.68. The Labute approximate surface area is 50.2 Å². The van der Waals surface area contributed by atoms with E-state index in [0.29, 0.717) is 12.5 Å². The molecule has 0 heterocycles. The van der Waals surface area contributed by atoms with Gasteiger partial charge >= 0.3 is 0 Å². The molecule has 2 nitrogen and oxygen atoms in total. The summed E-state index contributed by atoms with van der Waals surface area (Å²) in [4.78, 5) is 0. The zero-order valence-corrected chi connectivity index (χ0v) is 5.44. The van der Waals surface area contributed by atoms with Crippen molar-refractivity contribution in [3.63, 3.8) is 0 Å². The Kier molecular flexibility index (Phi) is 3.28. The minimum atomic E-state index is 0.242. The van der Waals surface area contributed by atoms with E-state index >= 15 is 0 Å². The van der Waals surface area contributed by atoms with Gasteiger partial charge in [-0.3, -0.25) is 0 Å². The Bertz CT molecular complexity index is 80.6. The SMILES string of the molecule is C=C(O)CC(C)NC. The second kappa shape index (κ2) is 3.50. The second-order valence-electron chi connectivity index (χ2n) is 1.96. The number of nitrogens with one attached hydrogen (secondary N) is 1. The molecule has 2 heteroatoms. The van der Waals surface area contributed by atoms with Crippen molar-refractivity contribution in [2.24, 2.45) is 0 Å². The van der Waals surface area contributed by atoms with Crippen molar-refractivity contribution in [3.05, 3.63) is 12.3 Å². The van der Waals surface area contributed by atoms with E-state index in [1.807, 2.05) is 14.0 Å². The molecule has 0 aromatic heterocycles. The quantitative estimate of drug-likeness (QED) is 0.539. The standard InChI is InChI=1S/C6H13NO/c1-5(7-3)4-6(2)8/h5,7-8H,2,4H2,1,3H3. The van der Waals surface area contributed by atoms with Gasteiger partial charge in [0.05, 0.1) is 5.76 Å². The number of hydrogen-bond donors (Lipinski definition) is 2. The number of aliphatic hydroxyl groups excluding tert-OH is 1. The summed E-state index contributed by atoms with van der Waals surface area (Å²) in [6.45, 7) is 5.35. The Balaban J connectivity index is 3.24. The third-order valence-electron chi connectivity index (χ3n) is 1.03. The monoisotopic (exact) mass is 115 g/mol. The van der Waals surface area contributed by atoms with Crippen LogP contribution < -0.4 is 5.32 Å². The maximum atomic E-state index is 8.62. The summed E-state index contributed by atoms with van der Waals surface area (Å²) in [5.41, 5.74) is 0. The van der Waals surface area contributed by atoms with E-state index in [0.717, 1.165) is 0 Å². The molecule has 0 aromatic carbocycles. The highest BCUT2D eigenvalue weighted by molar-refractivity contribution is 4.82. The molecule has 0 bridgehead atoms. The van der Waals surface area contributed by atoms with Gasteiger partial charge in [-0.25, -0.2) is 0 Å². The van der Waals surface area contributed by atoms with E-state index in [9.17, 15) is 0 Å². The van der Waals surface area contributed by atoms with Gasteiger partial charge in [0.15, 0.2) is 0 Å². The molecule has 0 radical (unpaired) electrons. The maximum absolute atomic E-state index is 8.62. The van der Waals surface area contributed by atoms with Gasteiger partial charge in [0.25, 0.3) is 0 Å². The van der Waals surface area contributed by atoms with E-state index in [4.69, 9.17) is 5.11 Å². The summed E-state index contributed by atoms with van der Waals surface area (Å²) in [5, 5.41) is 11.6. The molecule has 0 rings (SSSR count). The average Bonchev–Trinajstić information content (AvgIpc) is 1.65. The van der Waals surface area contributed by atoms with Crippen LogP contribution >= 0.6 is 0 Å². The fourth-order valence-corrected chi connectivity index (χ4v) is 0.455. The lowest BCUT2D eigenvalue weighted by molar-refractivity contribution is 0.370. The van der Waals surface area contributed by atoms with E-state index in [-0.39, 0.29) is 5.76 Å². The van der Waals surface area contributed by atoms with E-state index in [2.05, 4.69) is 11.9 Å². The van der Waals surface area contributed by atoms with Crippen LogP contribution in [0, 0.1) is 0 Å². The number of rotatable bonds is 3. The zero-order chi connectivity index (χ0) is 6.57. The average molecular weight is 115 g/mol. The molecule has 0 aliphatic heterocycles. The van der Waals surface area contributed by atoms with Crippen molar-refractivity contribution in [1.29, 1.82) is 0 Å². The van der Waals surface area contributed by atoms with Gasteiger partial charge in [0.2, 0.25) is 0 Å². The first-order chi connectivity index (χ1) is 3.66. The van der Waals surface area contributed by atoms with Gasteiger partial charge in [0, 0.05) is 12.5 Å². The lowest BCUT2D eigenvalue weighted by Gasteiger charge is -2.06. The van der Waals surface area contributed by atoms with Gasteiger partial charge in [-0.05, 0) is 14.0 Å². The lowest BCUT2D eigenvalue weighted by Crippen LogP contribution is -2.21. The summed E-state index contributed by atoms with van der Waals surface area (Å²) in [5.74, 6) is 0.242. The molecule has 0 aliphatic carbocycles. The molecule has 1 atom stereocenters. The Hall–Kier alpha value is -0.500. The van der Waals surface area contributed by atoms with Crippen LogP contribution in [0.3, 0.4) is 0 Å². The minimum absolute atomic E-state index is 0.242. The first-order valence-corrected chi connectivity index (χ1v) is 2.70. The van der Waals surface area contributed by atoms with Crippen LogP contribution in [0.15, 0.2) is 12.3 Å². The summed E-state index contributed by atoms with van der Waals surface area (Å²) in [6.07, 6.45) is 0.635. The Morgan fingerprint density at radius 2 is 2.38 bits per heavy atom. The zero-order valence-electron chi connectivity index (χ0n) is 5.44. The minimum Gasteiger partial charge on any atom is -0.513 e. The smallest absolute Gasteiger partial charge is 0.0866 e. The predicted octanol–water partition coefficient (Wildman–Crippen LogP) is 1.06. The van der Waals surface area contributed by atoms with Crippen LogP contribution in [0.5, 0.6) is 0 Å². The molecule has 8 heavy (non-hydrogen) atoms. The number of aliphatic hydroxyl groups is 1. The second-order valence-corrected chi connectivity index (χ2v) is 1.96. The highest BCUT2D eigenvalue weighted by Crippen LogP contribution is 1.95. The largest absolute Gasteiger partial charge is 0.513 e. The van der Waals surface area contributed by atoms with Crippen LogP contribution in [-0.2, 0) is 0 Å². The normalized spacial score (nSPS) is 13.2. The Morgan fingerprint density at radius 1 is 1.88 bits per heavy atom. The number of hydrogen-bond acceptors (Lipinski definition) is 2. The molecule has 1 unspecified atom stereocenters. The molecule has 48 valence electrons. The fourth-order valence-electron chi connectivity index (χ4n) is 0.455. The molecular weight excluding hydrogens is 102 g/mol. The van der Waals surface area contributed by atoms with Gasteiger partial charge < -0.3 is 10.4 Å². The summed E-state index contributed by atoms with van der Waals surface area (Å²) < 4.78 is 0. The van der Waals surface area contributed by atoms with Crippen LogP contribution in [0.1, 0.15) is 13.3 Å². The summed E-state index contributed by atoms with van der Waals surface area (Å²) in [6, 6.07) is 0.326. The van der Waals surface area contributed by atoms with Crippen molar-refractivity contribution in [2.75, 3.05) is 7.05 Å². The molecule has 0 amide bonds. The molecule has 2 N–H and O–H groups in total. The molecular formula is C6H13NO. The summed E-state index contributed by atoms with van der Waals surface area (Å²) >= 11 is 0. The van der Waals surface area contributed by atoms with Crippen molar-refractivity contribution in [2.45, 2.75) is 19.4 Å². The molecule has 0 aromatic rings. The molecule has 0 aliphatic rings.